The number of hydrogen-bond donors (Lipinski definition) is 1. The molecule has 1 aromatic carbocycles. The lowest BCUT2D eigenvalue weighted by molar-refractivity contribution is -0.150. The van der Waals surface area contributed by atoms with Gasteiger partial charge in [-0.1, -0.05) is 30.3 Å². The molecule has 1 aliphatic rings. The molecule has 0 aromatic heterocycles. The van der Waals surface area contributed by atoms with Crippen molar-refractivity contribution in [1.29, 1.82) is 0 Å². The molecule has 5 heteroatoms. The number of rotatable bonds is 5. The summed E-state index contributed by atoms with van der Waals surface area (Å²) in [6.45, 7) is 3.14. The number of carbonyl (C=O) groups excluding carboxylic acids is 1. The van der Waals surface area contributed by atoms with E-state index in [4.69, 9.17) is 5.11 Å². The number of likely N-dealkylation sites (N-methyl/N-ethyl adjacent to an activating group) is 1. The van der Waals surface area contributed by atoms with Gasteiger partial charge in [-0.05, 0) is 31.9 Å². The Bertz CT molecular complexity index is 504. The van der Waals surface area contributed by atoms with Gasteiger partial charge >= 0.3 is 5.97 Å². The Morgan fingerprint density at radius 1 is 1.38 bits per heavy atom. The van der Waals surface area contributed by atoms with Gasteiger partial charge < -0.3 is 10.0 Å². The first kappa shape index (κ1) is 15.5. The van der Waals surface area contributed by atoms with Crippen LogP contribution in [0.5, 0.6) is 0 Å². The van der Waals surface area contributed by atoms with Gasteiger partial charge in [0.15, 0.2) is 0 Å². The van der Waals surface area contributed by atoms with Crippen molar-refractivity contribution >= 4 is 11.9 Å². The lowest BCUT2D eigenvalue weighted by Gasteiger charge is -2.29. The van der Waals surface area contributed by atoms with E-state index < -0.39 is 12.0 Å². The quantitative estimate of drug-likeness (QED) is 0.894. The molecule has 1 N–H and O–H groups in total. The van der Waals surface area contributed by atoms with Crippen LogP contribution in [0.3, 0.4) is 0 Å². The summed E-state index contributed by atoms with van der Waals surface area (Å²) in [5, 5.41) is 9.04. The topological polar surface area (TPSA) is 60.9 Å². The smallest absolute Gasteiger partial charge is 0.326 e. The molecule has 1 saturated heterocycles. The van der Waals surface area contributed by atoms with Crippen molar-refractivity contribution < 1.29 is 14.7 Å². The maximum absolute atomic E-state index is 12.5. The maximum atomic E-state index is 12.5. The van der Waals surface area contributed by atoms with Crippen molar-refractivity contribution in [3.8, 4) is 0 Å². The Balaban J connectivity index is 2.04. The summed E-state index contributed by atoms with van der Waals surface area (Å²) in [4.78, 5) is 27.0. The molecule has 0 spiro atoms. The van der Waals surface area contributed by atoms with Crippen LogP contribution >= 0.6 is 0 Å². The zero-order valence-corrected chi connectivity index (χ0v) is 12.5. The second kappa shape index (κ2) is 6.72. The molecule has 0 aliphatic carbocycles. The van der Waals surface area contributed by atoms with Crippen LogP contribution in [0.1, 0.15) is 25.3 Å². The monoisotopic (exact) mass is 290 g/mol. The van der Waals surface area contributed by atoms with Crippen molar-refractivity contribution in [2.75, 3.05) is 13.6 Å². The lowest BCUT2D eigenvalue weighted by Crippen LogP contribution is -2.49. The number of amides is 1. The second-order valence-corrected chi connectivity index (χ2v) is 5.58. The van der Waals surface area contributed by atoms with Gasteiger partial charge in [0.05, 0.1) is 6.04 Å². The lowest BCUT2D eigenvalue weighted by atomic mass is 10.1. The molecule has 2 rings (SSSR count). The predicted molar refractivity (Wildman–Crippen MR) is 79.7 cm³/mol. The summed E-state index contributed by atoms with van der Waals surface area (Å²) in [5.41, 5.74) is 1.17. The minimum absolute atomic E-state index is 0.0988. The van der Waals surface area contributed by atoms with E-state index in [1.54, 1.807) is 7.05 Å². The van der Waals surface area contributed by atoms with Gasteiger partial charge in [0.25, 0.3) is 0 Å². The molecular weight excluding hydrogens is 268 g/mol. The highest BCUT2D eigenvalue weighted by atomic mass is 16.4. The maximum Gasteiger partial charge on any atom is 0.326 e. The fourth-order valence-electron chi connectivity index (χ4n) is 2.70. The van der Waals surface area contributed by atoms with Gasteiger partial charge in [0.1, 0.15) is 6.04 Å². The normalized spacial score (nSPS) is 20.2. The third kappa shape index (κ3) is 3.61. The molecule has 21 heavy (non-hydrogen) atoms. The van der Waals surface area contributed by atoms with Gasteiger partial charge in [-0.3, -0.25) is 9.69 Å². The summed E-state index contributed by atoms with van der Waals surface area (Å²) in [7, 11) is 1.57. The van der Waals surface area contributed by atoms with Crippen molar-refractivity contribution in [1.82, 2.24) is 9.80 Å². The van der Waals surface area contributed by atoms with Gasteiger partial charge in [-0.15, -0.1) is 0 Å². The summed E-state index contributed by atoms with van der Waals surface area (Å²) >= 11 is 0. The number of nitrogens with zero attached hydrogens (tertiary/aromatic N) is 2. The summed E-state index contributed by atoms with van der Waals surface area (Å²) in [6.07, 6.45) is 1.76. The van der Waals surface area contributed by atoms with E-state index in [1.807, 2.05) is 30.3 Å². The molecule has 5 nitrogen and oxygen atoms in total. The van der Waals surface area contributed by atoms with Crippen LogP contribution in [0.25, 0.3) is 0 Å². The Kier molecular flexibility index (Phi) is 4.96. The standard InChI is InChI=1S/C16H22N2O3/c1-12(16(20)21)17(2)15(19)14-9-6-10-18(14)11-13-7-4-3-5-8-13/h3-5,7-8,12,14H,6,9-11H2,1-2H3,(H,20,21)/t12-,14+/m1/s1. The molecular formula is C16H22N2O3. The Morgan fingerprint density at radius 3 is 2.67 bits per heavy atom. The summed E-state index contributed by atoms with van der Waals surface area (Å²) in [6, 6.07) is 9.03. The van der Waals surface area contributed by atoms with Crippen LogP contribution in [0, 0.1) is 0 Å². The SMILES string of the molecule is C[C@H](C(=O)O)N(C)C(=O)[C@@H]1CCCN1Cc1ccccc1. The van der Waals surface area contributed by atoms with E-state index >= 15 is 0 Å². The van der Waals surface area contributed by atoms with E-state index in [1.165, 1.54) is 17.4 Å². The first-order valence-corrected chi connectivity index (χ1v) is 7.28. The third-order valence-corrected chi connectivity index (χ3v) is 4.16. The van der Waals surface area contributed by atoms with Crippen LogP contribution in [-0.4, -0.2) is 52.5 Å². The van der Waals surface area contributed by atoms with Crippen molar-refractivity contribution in [2.24, 2.45) is 0 Å². The molecule has 1 aromatic rings. The number of likely N-dealkylation sites (tertiary alicyclic amines) is 1. The third-order valence-electron chi connectivity index (χ3n) is 4.16. The molecule has 0 radical (unpaired) electrons. The fraction of sp³-hybridized carbons (Fsp3) is 0.500. The molecule has 0 bridgehead atoms. The van der Waals surface area contributed by atoms with E-state index in [2.05, 4.69) is 4.90 Å². The number of carboxylic acid groups (broad SMARTS) is 1. The average Bonchev–Trinajstić information content (AvgIpc) is 2.94. The number of benzene rings is 1. The second-order valence-electron chi connectivity index (χ2n) is 5.58. The highest BCUT2D eigenvalue weighted by Crippen LogP contribution is 2.22. The molecule has 2 atom stereocenters. The summed E-state index contributed by atoms with van der Waals surface area (Å²) < 4.78 is 0. The van der Waals surface area contributed by atoms with Gasteiger partial charge in [-0.2, -0.15) is 0 Å². The molecule has 1 aliphatic heterocycles. The molecule has 0 unspecified atom stereocenters. The van der Waals surface area contributed by atoms with Crippen molar-refractivity contribution in [3.63, 3.8) is 0 Å². The van der Waals surface area contributed by atoms with Gasteiger partial charge in [0, 0.05) is 13.6 Å². The van der Waals surface area contributed by atoms with Crippen molar-refractivity contribution in [3.05, 3.63) is 35.9 Å². The molecule has 1 amide bonds. The number of hydrogen-bond acceptors (Lipinski definition) is 3. The van der Waals surface area contributed by atoms with E-state index in [0.29, 0.717) is 0 Å². The van der Waals surface area contributed by atoms with Gasteiger partial charge in [0.2, 0.25) is 5.91 Å². The predicted octanol–water partition coefficient (Wildman–Crippen LogP) is 1.58. The van der Waals surface area contributed by atoms with E-state index in [9.17, 15) is 9.59 Å². The summed E-state index contributed by atoms with van der Waals surface area (Å²) in [5.74, 6) is -1.07. The molecule has 114 valence electrons. The highest BCUT2D eigenvalue weighted by Gasteiger charge is 2.35. The number of aliphatic carboxylic acids is 1. The number of carbonyl (C=O) groups is 2. The molecule has 0 saturated carbocycles. The number of carboxylic acids is 1. The minimum atomic E-state index is -0.974. The molecule has 1 heterocycles. The van der Waals surface area contributed by atoms with Crippen LogP contribution in [0.15, 0.2) is 30.3 Å². The van der Waals surface area contributed by atoms with Crippen LogP contribution < -0.4 is 0 Å². The Morgan fingerprint density at radius 2 is 2.05 bits per heavy atom. The Labute approximate surface area is 125 Å². The zero-order chi connectivity index (χ0) is 15.4. The van der Waals surface area contributed by atoms with Gasteiger partial charge in [-0.25, -0.2) is 4.79 Å². The minimum Gasteiger partial charge on any atom is -0.480 e. The zero-order valence-electron chi connectivity index (χ0n) is 12.5. The van der Waals surface area contributed by atoms with E-state index in [-0.39, 0.29) is 11.9 Å². The van der Waals surface area contributed by atoms with E-state index in [0.717, 1.165) is 25.9 Å². The first-order valence-electron chi connectivity index (χ1n) is 7.28. The van der Waals surface area contributed by atoms with Crippen LogP contribution in [0.4, 0.5) is 0 Å². The largest absolute Gasteiger partial charge is 0.480 e. The van der Waals surface area contributed by atoms with Crippen molar-refractivity contribution in [2.45, 2.75) is 38.4 Å². The fourth-order valence-corrected chi connectivity index (χ4v) is 2.70. The molecule has 1 fully saturated rings. The average molecular weight is 290 g/mol. The highest BCUT2D eigenvalue weighted by molar-refractivity contribution is 5.86. The first-order chi connectivity index (χ1) is 10.0. The van der Waals surface area contributed by atoms with Crippen LogP contribution in [0.2, 0.25) is 0 Å². The van der Waals surface area contributed by atoms with Crippen LogP contribution in [-0.2, 0) is 16.1 Å². The Hall–Kier alpha value is -1.88.